The number of nitrogens with zero attached hydrogens (tertiary/aromatic N) is 2. The van der Waals surface area contributed by atoms with Gasteiger partial charge in [-0.15, -0.1) is 0 Å². The average molecular weight is 298 g/mol. The molecule has 1 aromatic rings. The summed E-state index contributed by atoms with van der Waals surface area (Å²) in [4.78, 5) is 6.92. The van der Waals surface area contributed by atoms with Gasteiger partial charge >= 0.3 is 0 Å². The molecule has 0 bridgehead atoms. The Morgan fingerprint density at radius 1 is 1.36 bits per heavy atom. The van der Waals surface area contributed by atoms with Crippen molar-refractivity contribution in [3.63, 3.8) is 0 Å². The van der Waals surface area contributed by atoms with Crippen LogP contribution in [-0.4, -0.2) is 22.1 Å². The number of rotatable bonds is 4. The zero-order valence-corrected chi connectivity index (χ0v) is 13.5. The number of hydrogen-bond acceptors (Lipinski definition) is 4. The molecule has 0 spiro atoms. The summed E-state index contributed by atoms with van der Waals surface area (Å²) in [6.45, 7) is 4.33. The Morgan fingerprint density at radius 3 is 2.77 bits per heavy atom. The van der Waals surface area contributed by atoms with E-state index in [4.69, 9.17) is 5.73 Å². The van der Waals surface area contributed by atoms with Crippen molar-refractivity contribution in [1.82, 2.24) is 15.2 Å². The van der Waals surface area contributed by atoms with E-state index < -0.39 is 0 Å². The number of hydrogen-bond donors (Lipinski definition) is 2. The van der Waals surface area contributed by atoms with Gasteiger partial charge in [-0.3, -0.25) is 0 Å². The standard InChI is InChI=1S/C18H26N4/c1-3-12-7-15(8-12)22-10-16(21-18(22)13-4-5-13)14-6-11(2)17(19)20-9-14/h6,9-10,12-13,15,18,21H,3-5,7-8H2,1-2H3,(H2,19,20). The van der Waals surface area contributed by atoms with Crippen LogP contribution in [0.1, 0.15) is 50.2 Å². The highest BCUT2D eigenvalue weighted by Gasteiger charge is 2.43. The van der Waals surface area contributed by atoms with Gasteiger partial charge < -0.3 is 16.0 Å². The molecule has 0 aromatic carbocycles. The molecule has 2 aliphatic carbocycles. The van der Waals surface area contributed by atoms with Crippen molar-refractivity contribution in [1.29, 1.82) is 0 Å². The number of aryl methyl sites for hydroxylation is 1. The monoisotopic (exact) mass is 298 g/mol. The maximum absolute atomic E-state index is 5.85. The highest BCUT2D eigenvalue weighted by Crippen LogP contribution is 2.43. The fourth-order valence-electron chi connectivity index (χ4n) is 3.77. The summed E-state index contributed by atoms with van der Waals surface area (Å²) < 4.78 is 0. The Hall–Kier alpha value is -1.71. The Bertz CT molecular complexity index is 599. The van der Waals surface area contributed by atoms with E-state index in [2.05, 4.69) is 34.4 Å². The Kier molecular flexibility index (Phi) is 3.28. The zero-order valence-electron chi connectivity index (χ0n) is 13.5. The lowest BCUT2D eigenvalue weighted by Crippen LogP contribution is -2.49. The van der Waals surface area contributed by atoms with Crippen LogP contribution in [0, 0.1) is 18.8 Å². The van der Waals surface area contributed by atoms with E-state index in [-0.39, 0.29) is 0 Å². The minimum atomic E-state index is 0.496. The van der Waals surface area contributed by atoms with Crippen LogP contribution in [0.5, 0.6) is 0 Å². The van der Waals surface area contributed by atoms with Gasteiger partial charge in [0.2, 0.25) is 0 Å². The third-order valence-corrected chi connectivity index (χ3v) is 5.61. The largest absolute Gasteiger partial charge is 0.383 e. The van der Waals surface area contributed by atoms with E-state index in [0.717, 1.165) is 29.0 Å². The molecule has 0 saturated heterocycles. The third kappa shape index (κ3) is 2.34. The van der Waals surface area contributed by atoms with E-state index in [0.29, 0.717) is 12.0 Å². The average Bonchev–Trinajstić information content (AvgIpc) is 3.22. The summed E-state index contributed by atoms with van der Waals surface area (Å²) >= 11 is 0. The van der Waals surface area contributed by atoms with Crippen molar-refractivity contribution in [3.8, 4) is 0 Å². The zero-order chi connectivity index (χ0) is 15.3. The van der Waals surface area contributed by atoms with Crippen LogP contribution in [-0.2, 0) is 0 Å². The molecule has 0 radical (unpaired) electrons. The predicted octanol–water partition coefficient (Wildman–Crippen LogP) is 3.10. The molecule has 22 heavy (non-hydrogen) atoms. The van der Waals surface area contributed by atoms with Gasteiger partial charge in [0.25, 0.3) is 0 Å². The first-order chi connectivity index (χ1) is 10.7. The molecule has 4 rings (SSSR count). The fraction of sp³-hybridized carbons (Fsp3) is 0.611. The SMILES string of the molecule is CCC1CC(N2C=C(c3cnc(N)c(C)c3)NC2C2CC2)C1. The molecule has 3 N–H and O–H groups in total. The summed E-state index contributed by atoms with van der Waals surface area (Å²) in [7, 11) is 0. The van der Waals surface area contributed by atoms with Gasteiger partial charge in [-0.1, -0.05) is 13.3 Å². The second-order valence-corrected chi connectivity index (χ2v) is 7.24. The minimum absolute atomic E-state index is 0.496. The molecule has 2 fully saturated rings. The number of aromatic nitrogens is 1. The van der Waals surface area contributed by atoms with Gasteiger partial charge in [0.15, 0.2) is 0 Å². The first-order valence-electron chi connectivity index (χ1n) is 8.64. The Morgan fingerprint density at radius 2 is 2.14 bits per heavy atom. The van der Waals surface area contributed by atoms with Crippen molar-refractivity contribution in [2.45, 2.75) is 58.2 Å². The van der Waals surface area contributed by atoms with Crippen molar-refractivity contribution in [2.24, 2.45) is 11.8 Å². The van der Waals surface area contributed by atoms with Gasteiger partial charge in [0.05, 0.1) is 5.70 Å². The van der Waals surface area contributed by atoms with Crippen LogP contribution >= 0.6 is 0 Å². The normalized spacial score (nSPS) is 30.7. The highest BCUT2D eigenvalue weighted by atomic mass is 15.3. The molecule has 1 unspecified atom stereocenters. The lowest BCUT2D eigenvalue weighted by Gasteiger charge is -2.44. The first kappa shape index (κ1) is 13.9. The van der Waals surface area contributed by atoms with Crippen LogP contribution in [0.2, 0.25) is 0 Å². The fourth-order valence-corrected chi connectivity index (χ4v) is 3.77. The van der Waals surface area contributed by atoms with Crippen LogP contribution in [0.25, 0.3) is 5.70 Å². The van der Waals surface area contributed by atoms with Crippen molar-refractivity contribution in [2.75, 3.05) is 5.73 Å². The summed E-state index contributed by atoms with van der Waals surface area (Å²) in [6, 6.07) is 2.87. The van der Waals surface area contributed by atoms with Gasteiger partial charge in [-0.2, -0.15) is 0 Å². The molecule has 4 nitrogen and oxygen atoms in total. The number of anilines is 1. The molecular weight excluding hydrogens is 272 g/mol. The molecule has 3 aliphatic rings. The highest BCUT2D eigenvalue weighted by molar-refractivity contribution is 5.67. The predicted molar refractivity (Wildman–Crippen MR) is 89.7 cm³/mol. The van der Waals surface area contributed by atoms with E-state index >= 15 is 0 Å². The first-order valence-corrected chi connectivity index (χ1v) is 8.64. The molecule has 1 atom stereocenters. The summed E-state index contributed by atoms with van der Waals surface area (Å²) in [5, 5.41) is 3.75. The van der Waals surface area contributed by atoms with Gasteiger partial charge in [0, 0.05) is 24.0 Å². The van der Waals surface area contributed by atoms with Crippen LogP contribution in [0.4, 0.5) is 5.82 Å². The van der Waals surface area contributed by atoms with Gasteiger partial charge in [0.1, 0.15) is 12.0 Å². The Labute approximate surface area is 132 Å². The van der Waals surface area contributed by atoms with E-state index in [9.17, 15) is 0 Å². The second kappa shape index (κ2) is 5.18. The van der Waals surface area contributed by atoms with Gasteiger partial charge in [-0.25, -0.2) is 4.98 Å². The number of nitrogens with two attached hydrogens (primary N) is 1. The molecular formula is C18H26N4. The molecule has 2 heterocycles. The molecule has 118 valence electrons. The van der Waals surface area contributed by atoms with Crippen molar-refractivity contribution < 1.29 is 0 Å². The molecule has 0 amide bonds. The summed E-state index contributed by atoms with van der Waals surface area (Å²) in [5.74, 6) is 2.38. The lowest BCUT2D eigenvalue weighted by atomic mass is 9.77. The van der Waals surface area contributed by atoms with Crippen LogP contribution in [0.15, 0.2) is 18.5 Å². The summed E-state index contributed by atoms with van der Waals surface area (Å²) in [6.07, 6.45) is 11.5. The maximum atomic E-state index is 5.85. The minimum Gasteiger partial charge on any atom is -0.383 e. The third-order valence-electron chi connectivity index (χ3n) is 5.61. The smallest absolute Gasteiger partial charge is 0.126 e. The quantitative estimate of drug-likeness (QED) is 0.897. The van der Waals surface area contributed by atoms with E-state index in [1.165, 1.54) is 37.8 Å². The molecule has 1 aliphatic heterocycles. The summed E-state index contributed by atoms with van der Waals surface area (Å²) in [5.41, 5.74) is 9.27. The molecule has 2 saturated carbocycles. The van der Waals surface area contributed by atoms with Crippen LogP contribution in [0.3, 0.4) is 0 Å². The lowest BCUT2D eigenvalue weighted by molar-refractivity contribution is 0.0773. The number of nitrogen functional groups attached to an aromatic ring is 1. The van der Waals surface area contributed by atoms with Crippen LogP contribution < -0.4 is 11.1 Å². The van der Waals surface area contributed by atoms with Crippen molar-refractivity contribution >= 4 is 11.5 Å². The number of pyridine rings is 1. The number of nitrogens with one attached hydrogen (secondary N) is 1. The Balaban J connectivity index is 1.56. The van der Waals surface area contributed by atoms with E-state index in [1.54, 1.807) is 0 Å². The van der Waals surface area contributed by atoms with E-state index in [1.807, 2.05) is 13.1 Å². The molecule has 1 aromatic heterocycles. The van der Waals surface area contributed by atoms with Crippen molar-refractivity contribution in [3.05, 3.63) is 29.6 Å². The topological polar surface area (TPSA) is 54.2 Å². The van der Waals surface area contributed by atoms with Gasteiger partial charge in [-0.05, 0) is 56.1 Å². The maximum Gasteiger partial charge on any atom is 0.126 e. The molecule has 4 heteroatoms. The second-order valence-electron chi connectivity index (χ2n) is 7.24.